The van der Waals surface area contributed by atoms with Gasteiger partial charge in [-0.2, -0.15) is 0 Å². The van der Waals surface area contributed by atoms with E-state index in [1.54, 1.807) is 26.5 Å². The van der Waals surface area contributed by atoms with Crippen molar-refractivity contribution in [2.75, 3.05) is 25.1 Å². The standard InChI is InChI=1S/C38H51N5O6/c1-5-38(3,46)23-40-37(45)49-30-14-12-28(13-15-30)36(44)43(34-20-29(18-19-39-34)32-22-48-35(42-32)27-10-11-27)21-25-6-8-26(9-7-25)31-16-17-33(47-4)24(2)41-31/h16-20,22,25-28,30,46H,5-15,21,23H2,1-4H3,(H,40,45). The van der Waals surface area contributed by atoms with Crippen LogP contribution in [0.3, 0.4) is 0 Å². The van der Waals surface area contributed by atoms with Crippen LogP contribution in [-0.2, 0) is 9.53 Å². The molecule has 6 rings (SSSR count). The summed E-state index contributed by atoms with van der Waals surface area (Å²) in [6, 6.07) is 7.98. The lowest BCUT2D eigenvalue weighted by Crippen LogP contribution is -2.43. The van der Waals surface area contributed by atoms with Crippen molar-refractivity contribution in [2.45, 2.75) is 115 Å². The van der Waals surface area contributed by atoms with Gasteiger partial charge in [-0.25, -0.2) is 14.8 Å². The molecule has 3 aliphatic carbocycles. The molecule has 3 heterocycles. The average Bonchev–Trinajstić information content (AvgIpc) is 3.85. The van der Waals surface area contributed by atoms with Gasteiger partial charge in [0.2, 0.25) is 5.91 Å². The molecule has 0 spiro atoms. The second-order valence-corrected chi connectivity index (χ2v) is 14.5. The Kier molecular flexibility index (Phi) is 10.9. The number of carbonyl (C=O) groups excluding carboxylic acids is 2. The molecular weight excluding hydrogens is 622 g/mol. The maximum Gasteiger partial charge on any atom is 0.407 e. The normalized spacial score (nSPS) is 23.7. The van der Waals surface area contributed by atoms with E-state index in [4.69, 9.17) is 28.8 Å². The first-order valence-electron chi connectivity index (χ1n) is 18.0. The Hall–Kier alpha value is -3.99. The summed E-state index contributed by atoms with van der Waals surface area (Å²) in [6.45, 7) is 6.26. The van der Waals surface area contributed by atoms with Crippen molar-refractivity contribution < 1.29 is 28.6 Å². The summed E-state index contributed by atoms with van der Waals surface area (Å²) in [5.74, 6) is 3.24. The number of alkyl carbamates (subject to hydrolysis) is 1. The largest absolute Gasteiger partial charge is 0.495 e. The highest BCUT2D eigenvalue weighted by Crippen LogP contribution is 2.41. The molecule has 1 atom stereocenters. The van der Waals surface area contributed by atoms with Gasteiger partial charge in [0.1, 0.15) is 29.6 Å². The number of rotatable bonds is 12. The van der Waals surface area contributed by atoms with E-state index in [1.807, 2.05) is 36.9 Å². The van der Waals surface area contributed by atoms with Crippen LogP contribution in [0.2, 0.25) is 0 Å². The summed E-state index contributed by atoms with van der Waals surface area (Å²) < 4.78 is 16.8. The van der Waals surface area contributed by atoms with Crippen molar-refractivity contribution in [3.8, 4) is 17.0 Å². The summed E-state index contributed by atoms with van der Waals surface area (Å²) in [6.07, 6.45) is 11.9. The summed E-state index contributed by atoms with van der Waals surface area (Å²) in [5.41, 5.74) is 2.69. The summed E-state index contributed by atoms with van der Waals surface area (Å²) in [7, 11) is 1.67. The first kappa shape index (κ1) is 34.9. The Morgan fingerprint density at radius 1 is 1.02 bits per heavy atom. The Balaban J connectivity index is 1.13. The minimum atomic E-state index is -0.976. The van der Waals surface area contributed by atoms with E-state index in [2.05, 4.69) is 11.4 Å². The molecule has 3 aliphatic rings. The van der Waals surface area contributed by atoms with Gasteiger partial charge in [0.25, 0.3) is 0 Å². The van der Waals surface area contributed by atoms with Gasteiger partial charge >= 0.3 is 6.09 Å². The zero-order valence-electron chi connectivity index (χ0n) is 29.3. The molecule has 3 aromatic rings. The van der Waals surface area contributed by atoms with Crippen LogP contribution in [-0.4, -0.2) is 64.0 Å². The number of oxazole rings is 1. The van der Waals surface area contributed by atoms with Crippen molar-refractivity contribution in [3.05, 3.63) is 54.0 Å². The van der Waals surface area contributed by atoms with Gasteiger partial charge in [0.05, 0.1) is 18.4 Å². The van der Waals surface area contributed by atoms with E-state index in [1.165, 1.54) is 0 Å². The molecule has 0 bridgehead atoms. The average molecular weight is 674 g/mol. The predicted molar refractivity (Wildman–Crippen MR) is 185 cm³/mol. The maximum absolute atomic E-state index is 14.4. The summed E-state index contributed by atoms with van der Waals surface area (Å²) in [4.78, 5) is 43.0. The minimum absolute atomic E-state index is 0.0694. The highest BCUT2D eigenvalue weighted by molar-refractivity contribution is 5.94. The van der Waals surface area contributed by atoms with Crippen LogP contribution < -0.4 is 15.0 Å². The van der Waals surface area contributed by atoms with Crippen molar-refractivity contribution >= 4 is 17.8 Å². The Morgan fingerprint density at radius 2 is 1.76 bits per heavy atom. The molecule has 0 aromatic carbocycles. The number of carbonyl (C=O) groups is 2. The third-order valence-corrected chi connectivity index (χ3v) is 10.7. The molecule has 0 aliphatic heterocycles. The van der Waals surface area contributed by atoms with E-state index >= 15 is 0 Å². The van der Waals surface area contributed by atoms with Crippen LogP contribution in [0.1, 0.15) is 114 Å². The first-order valence-corrected chi connectivity index (χ1v) is 18.0. The Labute approximate surface area is 289 Å². The molecule has 0 saturated heterocycles. The highest BCUT2D eigenvalue weighted by atomic mass is 16.6. The van der Waals surface area contributed by atoms with Gasteiger partial charge in [-0.15, -0.1) is 0 Å². The molecule has 1 unspecified atom stereocenters. The number of aromatic nitrogens is 3. The number of amides is 2. The molecule has 0 radical (unpaired) electrons. The summed E-state index contributed by atoms with van der Waals surface area (Å²) in [5, 5.41) is 12.9. The Morgan fingerprint density at radius 3 is 2.43 bits per heavy atom. The lowest BCUT2D eigenvalue weighted by atomic mass is 9.79. The zero-order chi connectivity index (χ0) is 34.5. The lowest BCUT2D eigenvalue weighted by molar-refractivity contribution is -0.124. The smallest absolute Gasteiger partial charge is 0.407 e. The number of anilines is 1. The molecule has 49 heavy (non-hydrogen) atoms. The first-order chi connectivity index (χ1) is 23.6. The van der Waals surface area contributed by atoms with Gasteiger partial charge < -0.3 is 24.3 Å². The molecule has 264 valence electrons. The predicted octanol–water partition coefficient (Wildman–Crippen LogP) is 7.08. The van der Waals surface area contributed by atoms with Gasteiger partial charge in [-0.1, -0.05) is 6.92 Å². The molecule has 2 N–H and O–H groups in total. The van der Waals surface area contributed by atoms with Crippen molar-refractivity contribution in [1.82, 2.24) is 20.3 Å². The molecule has 3 fully saturated rings. The number of hydrogen-bond donors (Lipinski definition) is 2. The highest BCUT2D eigenvalue weighted by Gasteiger charge is 2.35. The number of hydrogen-bond acceptors (Lipinski definition) is 9. The van der Waals surface area contributed by atoms with E-state index in [-0.39, 0.29) is 24.5 Å². The van der Waals surface area contributed by atoms with Gasteiger partial charge in [0, 0.05) is 48.3 Å². The topological polar surface area (TPSA) is 140 Å². The number of ether oxygens (including phenoxy) is 2. The fourth-order valence-electron chi connectivity index (χ4n) is 7.10. The quantitative estimate of drug-likeness (QED) is 0.206. The van der Waals surface area contributed by atoms with E-state index in [9.17, 15) is 14.7 Å². The molecule has 3 aromatic heterocycles. The van der Waals surface area contributed by atoms with Crippen molar-refractivity contribution in [1.29, 1.82) is 0 Å². The monoisotopic (exact) mass is 673 g/mol. The molecule has 11 nitrogen and oxygen atoms in total. The number of aliphatic hydroxyl groups is 1. The van der Waals surface area contributed by atoms with Gasteiger partial charge in [-0.3, -0.25) is 14.7 Å². The zero-order valence-corrected chi connectivity index (χ0v) is 29.3. The van der Waals surface area contributed by atoms with Crippen molar-refractivity contribution in [2.24, 2.45) is 11.8 Å². The van der Waals surface area contributed by atoms with Crippen LogP contribution in [0.15, 0.2) is 41.1 Å². The number of methoxy groups -OCH3 is 1. The third kappa shape index (κ3) is 8.79. The lowest BCUT2D eigenvalue weighted by Gasteiger charge is -2.35. The van der Waals surface area contributed by atoms with E-state index in [0.717, 1.165) is 72.8 Å². The third-order valence-electron chi connectivity index (χ3n) is 10.7. The molecule has 11 heteroatoms. The van der Waals surface area contributed by atoms with Crippen LogP contribution in [0.5, 0.6) is 5.75 Å². The van der Waals surface area contributed by atoms with Crippen LogP contribution in [0, 0.1) is 18.8 Å². The molecular formula is C38H51N5O6. The second kappa shape index (κ2) is 15.3. The fourth-order valence-corrected chi connectivity index (χ4v) is 7.10. The van der Waals surface area contributed by atoms with Gasteiger partial charge in [-0.05, 0) is 115 Å². The number of aryl methyl sites for hydroxylation is 1. The minimum Gasteiger partial charge on any atom is -0.495 e. The number of nitrogens with zero attached hydrogens (tertiary/aromatic N) is 4. The SMILES string of the molecule is CCC(C)(O)CNC(=O)OC1CCC(C(=O)N(CC2CCC(c3ccc(OC)c(C)n3)CC2)c2cc(-c3coc(C4CC4)n3)ccn2)CC1. The van der Waals surface area contributed by atoms with Crippen LogP contribution >= 0.6 is 0 Å². The fraction of sp³-hybridized carbons (Fsp3) is 0.605. The molecule has 3 saturated carbocycles. The van der Waals surface area contributed by atoms with Crippen molar-refractivity contribution in [3.63, 3.8) is 0 Å². The number of pyridine rings is 2. The Bertz CT molecular complexity index is 1590. The molecule has 2 amide bonds. The maximum atomic E-state index is 14.4. The second-order valence-electron chi connectivity index (χ2n) is 14.5. The van der Waals surface area contributed by atoms with Gasteiger partial charge in [0.15, 0.2) is 5.89 Å². The van der Waals surface area contributed by atoms with E-state index in [0.29, 0.717) is 62.2 Å². The van der Waals surface area contributed by atoms with Crippen LogP contribution in [0.25, 0.3) is 11.3 Å². The van der Waals surface area contributed by atoms with E-state index < -0.39 is 11.7 Å². The van der Waals surface area contributed by atoms with Crippen LogP contribution in [0.4, 0.5) is 10.6 Å². The number of nitrogens with one attached hydrogen (secondary N) is 1. The summed E-state index contributed by atoms with van der Waals surface area (Å²) >= 11 is 0.